The lowest BCUT2D eigenvalue weighted by Crippen LogP contribution is -2.60. The molecule has 0 spiro atoms. The van der Waals surface area contributed by atoms with E-state index >= 15 is 0 Å². The predicted molar refractivity (Wildman–Crippen MR) is 117 cm³/mol. The van der Waals surface area contributed by atoms with Crippen molar-refractivity contribution in [2.75, 3.05) is 20.8 Å². The minimum Gasteiger partial charge on any atom is -0.504 e. The number of rotatable bonds is 6. The van der Waals surface area contributed by atoms with Crippen molar-refractivity contribution in [2.45, 2.75) is 30.7 Å². The monoisotopic (exact) mass is 476 g/mol. The van der Waals surface area contributed by atoms with Gasteiger partial charge in [0, 0.05) is 11.6 Å². The topological polar surface area (TPSA) is 168 Å². The molecule has 1 aromatic heterocycles. The van der Waals surface area contributed by atoms with Crippen LogP contribution < -0.4 is 19.6 Å². The summed E-state index contributed by atoms with van der Waals surface area (Å²) in [5.41, 5.74) is 0.00228. The molecule has 1 aliphatic rings. The van der Waals surface area contributed by atoms with Crippen molar-refractivity contribution in [3.05, 3.63) is 46.8 Å². The first-order valence-electron chi connectivity index (χ1n) is 10.3. The number of aliphatic hydroxyl groups is 4. The molecule has 11 nitrogen and oxygen atoms in total. The van der Waals surface area contributed by atoms with Crippen molar-refractivity contribution in [2.24, 2.45) is 0 Å². The minimum absolute atomic E-state index is 0.0720. The van der Waals surface area contributed by atoms with Crippen LogP contribution in [0.15, 0.2) is 45.8 Å². The Morgan fingerprint density at radius 1 is 0.971 bits per heavy atom. The zero-order chi connectivity index (χ0) is 24.6. The molecular formula is C23H24O11. The molecular weight excluding hydrogens is 452 g/mol. The summed E-state index contributed by atoms with van der Waals surface area (Å²) in [6, 6.07) is 7.30. The van der Waals surface area contributed by atoms with Gasteiger partial charge >= 0.3 is 0 Å². The Morgan fingerprint density at radius 2 is 1.74 bits per heavy atom. The van der Waals surface area contributed by atoms with Crippen LogP contribution in [0.4, 0.5) is 0 Å². The van der Waals surface area contributed by atoms with E-state index in [0.717, 1.165) is 0 Å². The van der Waals surface area contributed by atoms with E-state index in [2.05, 4.69) is 0 Å². The molecule has 4 rings (SSSR count). The van der Waals surface area contributed by atoms with Gasteiger partial charge in [-0.2, -0.15) is 0 Å². The summed E-state index contributed by atoms with van der Waals surface area (Å²) in [5.74, 6) is 0.226. The van der Waals surface area contributed by atoms with Gasteiger partial charge < -0.3 is 48.9 Å². The smallest absolute Gasteiger partial charge is 0.229 e. The highest BCUT2D eigenvalue weighted by Gasteiger charge is 2.44. The molecule has 182 valence electrons. The summed E-state index contributed by atoms with van der Waals surface area (Å²) < 4.78 is 26.8. The van der Waals surface area contributed by atoms with Gasteiger partial charge in [-0.1, -0.05) is 0 Å². The summed E-state index contributed by atoms with van der Waals surface area (Å²) >= 11 is 0. The average Bonchev–Trinajstić information content (AvgIpc) is 2.84. The average molecular weight is 476 g/mol. The molecule has 0 amide bonds. The molecule has 3 aromatic rings. The van der Waals surface area contributed by atoms with Crippen LogP contribution in [0.3, 0.4) is 0 Å². The van der Waals surface area contributed by atoms with Crippen LogP contribution in [0.2, 0.25) is 0 Å². The summed E-state index contributed by atoms with van der Waals surface area (Å²) in [7, 11) is 2.78. The molecule has 1 saturated heterocycles. The van der Waals surface area contributed by atoms with E-state index in [9.17, 15) is 30.3 Å². The molecule has 0 aliphatic carbocycles. The van der Waals surface area contributed by atoms with Gasteiger partial charge in [0.25, 0.3) is 0 Å². The molecule has 5 atom stereocenters. The number of benzene rings is 2. The molecule has 5 N–H and O–H groups in total. The Kier molecular flexibility index (Phi) is 6.64. The van der Waals surface area contributed by atoms with Crippen LogP contribution in [0, 0.1) is 0 Å². The van der Waals surface area contributed by atoms with Crippen molar-refractivity contribution in [1.29, 1.82) is 0 Å². The van der Waals surface area contributed by atoms with Crippen molar-refractivity contribution in [3.8, 4) is 34.1 Å². The second-order valence-electron chi connectivity index (χ2n) is 7.65. The first-order chi connectivity index (χ1) is 16.3. The van der Waals surface area contributed by atoms with E-state index in [4.69, 9.17) is 23.4 Å². The maximum absolute atomic E-state index is 13.1. The zero-order valence-corrected chi connectivity index (χ0v) is 18.2. The highest BCUT2D eigenvalue weighted by molar-refractivity contribution is 5.85. The van der Waals surface area contributed by atoms with Gasteiger partial charge in [0.1, 0.15) is 42.0 Å². The van der Waals surface area contributed by atoms with Crippen LogP contribution in [0.1, 0.15) is 0 Å². The molecule has 0 saturated carbocycles. The van der Waals surface area contributed by atoms with Crippen LogP contribution >= 0.6 is 0 Å². The fourth-order valence-corrected chi connectivity index (χ4v) is 3.79. The van der Waals surface area contributed by atoms with E-state index in [0.29, 0.717) is 5.75 Å². The van der Waals surface area contributed by atoms with Gasteiger partial charge in [0.2, 0.25) is 17.5 Å². The first-order valence-corrected chi connectivity index (χ1v) is 10.3. The minimum atomic E-state index is -1.59. The molecule has 0 bridgehead atoms. The van der Waals surface area contributed by atoms with E-state index < -0.39 is 42.7 Å². The van der Waals surface area contributed by atoms with Crippen LogP contribution in [-0.4, -0.2) is 77.1 Å². The number of methoxy groups -OCH3 is 2. The maximum Gasteiger partial charge on any atom is 0.229 e. The highest BCUT2D eigenvalue weighted by atomic mass is 16.7. The van der Waals surface area contributed by atoms with E-state index in [1.807, 2.05) is 0 Å². The molecule has 2 heterocycles. The highest BCUT2D eigenvalue weighted by Crippen LogP contribution is 2.43. The zero-order valence-electron chi connectivity index (χ0n) is 18.2. The lowest BCUT2D eigenvalue weighted by molar-refractivity contribution is -0.277. The number of aliphatic hydroxyl groups excluding tert-OH is 4. The summed E-state index contributed by atoms with van der Waals surface area (Å²) in [6.45, 7) is -0.594. The quantitative estimate of drug-likeness (QED) is 0.333. The Hall–Kier alpha value is -3.35. The SMILES string of the molecule is COc1ccc(-c2coc3cc(O[C@@H]4O[C@H](CO)[C@@H](O)[C@H](O)[C@H]4O)ccc3c2=O)c(O)c1OC. The standard InChI is InChI=1S/C23H24O11/c1-30-14-6-5-11(18(26)22(14)31-2)13-9-32-15-7-10(3-4-12(15)17(13)25)33-23-21(29)20(28)19(27)16(8-24)34-23/h3-7,9,16,19-21,23-24,26-29H,8H2,1-2H3/t16-,19-,20+,21-,23-/m1/s1. The molecule has 0 unspecified atom stereocenters. The van der Waals surface area contributed by atoms with Crippen molar-refractivity contribution >= 4 is 11.0 Å². The van der Waals surface area contributed by atoms with Crippen molar-refractivity contribution in [1.82, 2.24) is 0 Å². The Morgan fingerprint density at radius 3 is 2.41 bits per heavy atom. The number of fused-ring (bicyclic) bond motifs is 1. The summed E-state index contributed by atoms with van der Waals surface area (Å²) in [6.07, 6.45) is -6.02. The largest absolute Gasteiger partial charge is 0.504 e. The van der Waals surface area contributed by atoms with Gasteiger partial charge in [-0.25, -0.2) is 0 Å². The van der Waals surface area contributed by atoms with Gasteiger partial charge in [0.05, 0.1) is 31.8 Å². The Balaban J connectivity index is 1.66. The molecule has 2 aromatic carbocycles. The Labute approximate surface area is 192 Å². The third-order valence-electron chi connectivity index (χ3n) is 5.66. The van der Waals surface area contributed by atoms with Crippen LogP contribution in [0.5, 0.6) is 23.0 Å². The normalized spacial score (nSPS) is 24.7. The maximum atomic E-state index is 13.1. The van der Waals surface area contributed by atoms with Gasteiger partial charge in [-0.15, -0.1) is 0 Å². The van der Waals surface area contributed by atoms with Gasteiger partial charge in [0.15, 0.2) is 11.5 Å². The first kappa shape index (κ1) is 23.8. The van der Waals surface area contributed by atoms with Crippen LogP contribution in [-0.2, 0) is 4.74 Å². The Bertz CT molecular complexity index is 1240. The second-order valence-corrected chi connectivity index (χ2v) is 7.65. The predicted octanol–water partition coefficient (Wildman–Crippen LogP) is 0.361. The molecule has 1 fully saturated rings. The molecule has 34 heavy (non-hydrogen) atoms. The molecule has 1 aliphatic heterocycles. The number of hydrogen-bond donors (Lipinski definition) is 5. The van der Waals surface area contributed by atoms with E-state index in [-0.39, 0.29) is 39.3 Å². The van der Waals surface area contributed by atoms with E-state index in [1.54, 1.807) is 6.07 Å². The third kappa shape index (κ3) is 4.04. The van der Waals surface area contributed by atoms with Gasteiger partial charge in [-0.05, 0) is 24.3 Å². The second kappa shape index (κ2) is 9.49. The number of ether oxygens (including phenoxy) is 4. The number of hydrogen-bond acceptors (Lipinski definition) is 11. The third-order valence-corrected chi connectivity index (χ3v) is 5.66. The fourth-order valence-electron chi connectivity index (χ4n) is 3.79. The van der Waals surface area contributed by atoms with Crippen molar-refractivity contribution in [3.63, 3.8) is 0 Å². The summed E-state index contributed by atoms with van der Waals surface area (Å²) in [5, 5.41) is 50.0. The number of phenols is 1. The lowest BCUT2D eigenvalue weighted by Gasteiger charge is -2.39. The number of aromatic hydroxyl groups is 1. The van der Waals surface area contributed by atoms with Crippen LogP contribution in [0.25, 0.3) is 22.1 Å². The molecule has 11 heteroatoms. The number of phenolic OH excluding ortho intramolecular Hbond substituents is 1. The molecule has 0 radical (unpaired) electrons. The summed E-state index contributed by atoms with van der Waals surface area (Å²) in [4.78, 5) is 13.1. The van der Waals surface area contributed by atoms with Crippen molar-refractivity contribution < 1.29 is 48.9 Å². The fraction of sp³-hybridized carbons (Fsp3) is 0.348. The lowest BCUT2D eigenvalue weighted by atomic mass is 9.99. The van der Waals surface area contributed by atoms with E-state index in [1.165, 1.54) is 44.7 Å². The van der Waals surface area contributed by atoms with Gasteiger partial charge in [-0.3, -0.25) is 4.79 Å².